The van der Waals surface area contributed by atoms with E-state index in [0.29, 0.717) is 18.9 Å². The van der Waals surface area contributed by atoms with Crippen molar-refractivity contribution in [2.75, 3.05) is 18.1 Å². The van der Waals surface area contributed by atoms with Crippen molar-refractivity contribution in [1.29, 1.82) is 5.26 Å². The number of nitrogens with one attached hydrogen (secondary N) is 1. The van der Waals surface area contributed by atoms with Crippen molar-refractivity contribution >= 4 is 40.9 Å². The number of halogens is 1. The van der Waals surface area contributed by atoms with Crippen LogP contribution in [0.3, 0.4) is 0 Å². The van der Waals surface area contributed by atoms with Crippen LogP contribution in [0.1, 0.15) is 50.5 Å². The molecule has 1 saturated carbocycles. The predicted octanol–water partition coefficient (Wildman–Crippen LogP) is 4.63. The molecule has 1 aliphatic carbocycles. The number of thioether (sulfide) groups is 1. The molecule has 2 aliphatic rings. The molecule has 7 heteroatoms. The molecule has 5 nitrogen and oxygen atoms in total. The Bertz CT molecular complexity index is 708. The number of amides is 1. The molecule has 1 aliphatic heterocycles. The lowest BCUT2D eigenvalue weighted by molar-refractivity contribution is -0.116. The van der Waals surface area contributed by atoms with Gasteiger partial charge < -0.3 is 10.2 Å². The lowest BCUT2D eigenvalue weighted by Gasteiger charge is -2.21. The van der Waals surface area contributed by atoms with E-state index in [2.05, 4.69) is 23.3 Å². The van der Waals surface area contributed by atoms with Crippen LogP contribution in [0.5, 0.6) is 0 Å². The SMILES string of the molecule is CN1/C(=N/C2CCCCCC2)SCC1CC(=O)Nc1ccc(CC#N)cc1.Cl. The van der Waals surface area contributed by atoms with Crippen LogP contribution in [0, 0.1) is 11.3 Å². The highest BCUT2D eigenvalue weighted by Gasteiger charge is 2.29. The summed E-state index contributed by atoms with van der Waals surface area (Å²) < 4.78 is 0. The molecule has 1 saturated heterocycles. The summed E-state index contributed by atoms with van der Waals surface area (Å²) >= 11 is 1.78. The topological polar surface area (TPSA) is 68.5 Å². The van der Waals surface area contributed by atoms with Gasteiger partial charge in [-0.2, -0.15) is 5.26 Å². The van der Waals surface area contributed by atoms with Crippen molar-refractivity contribution in [1.82, 2.24) is 4.90 Å². The van der Waals surface area contributed by atoms with Crippen LogP contribution >= 0.6 is 24.2 Å². The summed E-state index contributed by atoms with van der Waals surface area (Å²) in [7, 11) is 2.06. The largest absolute Gasteiger partial charge is 0.350 e. The van der Waals surface area contributed by atoms with Crippen LogP contribution in [0.15, 0.2) is 29.3 Å². The van der Waals surface area contributed by atoms with E-state index >= 15 is 0 Å². The minimum absolute atomic E-state index is 0. The van der Waals surface area contributed by atoms with Gasteiger partial charge in [0.1, 0.15) is 0 Å². The Morgan fingerprint density at radius 3 is 2.57 bits per heavy atom. The van der Waals surface area contributed by atoms with E-state index in [0.717, 1.165) is 22.2 Å². The Morgan fingerprint density at radius 1 is 1.25 bits per heavy atom. The normalized spacial score (nSPS) is 21.6. The maximum absolute atomic E-state index is 12.4. The van der Waals surface area contributed by atoms with Gasteiger partial charge in [-0.1, -0.05) is 49.6 Å². The van der Waals surface area contributed by atoms with Gasteiger partial charge in [-0.3, -0.25) is 9.79 Å². The summed E-state index contributed by atoms with van der Waals surface area (Å²) in [4.78, 5) is 19.6. The third kappa shape index (κ3) is 6.42. The van der Waals surface area contributed by atoms with Crippen LogP contribution < -0.4 is 5.32 Å². The second-order valence-electron chi connectivity index (χ2n) is 7.42. The number of benzene rings is 1. The second-order valence-corrected chi connectivity index (χ2v) is 8.40. The molecule has 3 rings (SSSR count). The Balaban J connectivity index is 0.00000280. The van der Waals surface area contributed by atoms with Crippen LogP contribution in [0.2, 0.25) is 0 Å². The zero-order valence-corrected chi connectivity index (χ0v) is 18.0. The van der Waals surface area contributed by atoms with Gasteiger partial charge in [-0.15, -0.1) is 12.4 Å². The van der Waals surface area contributed by atoms with Gasteiger partial charge in [0.15, 0.2) is 5.17 Å². The highest BCUT2D eigenvalue weighted by molar-refractivity contribution is 8.14. The summed E-state index contributed by atoms with van der Waals surface area (Å²) in [5, 5.41) is 12.8. The van der Waals surface area contributed by atoms with Gasteiger partial charge in [-0.05, 0) is 30.5 Å². The second kappa shape index (κ2) is 11.3. The number of carbonyl (C=O) groups is 1. The number of hydrogen-bond donors (Lipinski definition) is 1. The standard InChI is InChI=1S/C21H28N4OS.ClH/c1-25-19(15-27-21(25)24-17-6-4-2-3-5-7-17)14-20(26)23-18-10-8-16(9-11-18)12-13-22;/h8-11,17,19H,2-7,12,14-15H2,1H3,(H,23,26);1H/b24-21-;. The summed E-state index contributed by atoms with van der Waals surface area (Å²) in [5.74, 6) is 0.938. The van der Waals surface area contributed by atoms with Crippen molar-refractivity contribution < 1.29 is 4.79 Å². The molecule has 1 aromatic rings. The third-order valence-electron chi connectivity index (χ3n) is 5.31. The fourth-order valence-corrected chi connectivity index (χ4v) is 4.89. The quantitative estimate of drug-likeness (QED) is 0.705. The number of hydrogen-bond acceptors (Lipinski definition) is 4. The number of nitriles is 1. The Labute approximate surface area is 178 Å². The molecule has 1 amide bonds. The number of carbonyl (C=O) groups excluding carboxylic acids is 1. The Kier molecular flexibility index (Phi) is 9.14. The molecule has 0 aromatic heterocycles. The van der Waals surface area contributed by atoms with E-state index in [-0.39, 0.29) is 24.4 Å². The third-order valence-corrected chi connectivity index (χ3v) is 6.52. The van der Waals surface area contributed by atoms with E-state index in [1.54, 1.807) is 11.8 Å². The van der Waals surface area contributed by atoms with Crippen LogP contribution in [-0.2, 0) is 11.2 Å². The van der Waals surface area contributed by atoms with Crippen molar-refractivity contribution in [2.45, 2.75) is 63.5 Å². The average molecular weight is 421 g/mol. The zero-order chi connectivity index (χ0) is 19.1. The van der Waals surface area contributed by atoms with Gasteiger partial charge >= 0.3 is 0 Å². The Morgan fingerprint density at radius 2 is 1.93 bits per heavy atom. The molecule has 1 unspecified atom stereocenters. The first-order chi connectivity index (χ1) is 13.2. The van der Waals surface area contributed by atoms with E-state index in [4.69, 9.17) is 10.3 Å². The van der Waals surface area contributed by atoms with Crippen LogP contribution in [0.25, 0.3) is 0 Å². The molecule has 1 N–H and O–H groups in total. The number of amidine groups is 1. The van der Waals surface area contributed by atoms with Gasteiger partial charge in [0, 0.05) is 31.0 Å². The molecule has 1 aromatic carbocycles. The summed E-state index contributed by atoms with van der Waals surface area (Å²) in [6.07, 6.45) is 8.50. The van der Waals surface area contributed by atoms with Gasteiger partial charge in [-0.25, -0.2) is 0 Å². The molecule has 1 heterocycles. The lowest BCUT2D eigenvalue weighted by atomic mass is 10.1. The fourth-order valence-electron chi connectivity index (χ4n) is 3.63. The molecule has 0 bridgehead atoms. The van der Waals surface area contributed by atoms with Crippen molar-refractivity contribution in [2.24, 2.45) is 4.99 Å². The Hall–Kier alpha value is -1.71. The van der Waals surface area contributed by atoms with E-state index < -0.39 is 0 Å². The maximum atomic E-state index is 12.4. The summed E-state index contributed by atoms with van der Waals surface area (Å²) in [6, 6.07) is 10.3. The van der Waals surface area contributed by atoms with Crippen LogP contribution in [-0.4, -0.2) is 40.9 Å². The number of aliphatic imine (C=N–C) groups is 1. The molecule has 2 fully saturated rings. The first-order valence-electron chi connectivity index (χ1n) is 9.85. The molecular formula is C21H29ClN4OS. The zero-order valence-electron chi connectivity index (χ0n) is 16.4. The highest BCUT2D eigenvalue weighted by atomic mass is 35.5. The lowest BCUT2D eigenvalue weighted by Crippen LogP contribution is -2.34. The van der Waals surface area contributed by atoms with Crippen LogP contribution in [0.4, 0.5) is 5.69 Å². The fraction of sp³-hybridized carbons (Fsp3) is 0.571. The first-order valence-corrected chi connectivity index (χ1v) is 10.8. The average Bonchev–Trinajstić information content (AvgIpc) is 2.86. The van der Waals surface area contributed by atoms with Crippen molar-refractivity contribution in [3.8, 4) is 6.07 Å². The summed E-state index contributed by atoms with van der Waals surface area (Å²) in [6.45, 7) is 0. The monoisotopic (exact) mass is 420 g/mol. The van der Waals surface area contributed by atoms with Gasteiger partial charge in [0.2, 0.25) is 5.91 Å². The minimum atomic E-state index is 0. The number of anilines is 1. The van der Waals surface area contributed by atoms with E-state index in [1.165, 1.54) is 38.5 Å². The molecule has 0 radical (unpaired) electrons. The smallest absolute Gasteiger partial charge is 0.226 e. The van der Waals surface area contributed by atoms with E-state index in [1.807, 2.05) is 24.3 Å². The maximum Gasteiger partial charge on any atom is 0.226 e. The molecular weight excluding hydrogens is 392 g/mol. The van der Waals surface area contributed by atoms with Gasteiger partial charge in [0.05, 0.1) is 18.5 Å². The first kappa shape index (κ1) is 22.6. The van der Waals surface area contributed by atoms with Crippen molar-refractivity contribution in [3.63, 3.8) is 0 Å². The van der Waals surface area contributed by atoms with Gasteiger partial charge in [0.25, 0.3) is 0 Å². The molecule has 0 spiro atoms. The molecule has 28 heavy (non-hydrogen) atoms. The van der Waals surface area contributed by atoms with E-state index in [9.17, 15) is 4.79 Å². The minimum Gasteiger partial charge on any atom is -0.350 e. The van der Waals surface area contributed by atoms with Crippen molar-refractivity contribution in [3.05, 3.63) is 29.8 Å². The molecule has 152 valence electrons. The molecule has 1 atom stereocenters. The predicted molar refractivity (Wildman–Crippen MR) is 119 cm³/mol. The summed E-state index contributed by atoms with van der Waals surface area (Å²) in [5.41, 5.74) is 1.74. The highest BCUT2D eigenvalue weighted by Crippen LogP contribution is 2.28. The number of nitrogens with zero attached hydrogens (tertiary/aromatic N) is 3. The number of rotatable bonds is 5.